The maximum atomic E-state index is 5.85. The number of hydrogen-bond donors (Lipinski definition) is 0. The van der Waals surface area contributed by atoms with Crippen LogP contribution in [0.4, 0.5) is 0 Å². The minimum absolute atomic E-state index is 0.405. The summed E-state index contributed by atoms with van der Waals surface area (Å²) in [6, 6.07) is 24.9. The van der Waals surface area contributed by atoms with Gasteiger partial charge in [0.25, 0.3) is 0 Å². The topological polar surface area (TPSA) is 55.4 Å². The van der Waals surface area contributed by atoms with E-state index < -0.39 is 5.41 Å². The predicted octanol–water partition coefficient (Wildman–Crippen LogP) is 6.29. The third-order valence-corrected chi connectivity index (χ3v) is 6.40. The van der Waals surface area contributed by atoms with Crippen LogP contribution in [0.25, 0.3) is 0 Å². The maximum absolute atomic E-state index is 5.85. The van der Waals surface area contributed by atoms with Crippen LogP contribution >= 0.6 is 0 Å². The van der Waals surface area contributed by atoms with Crippen molar-refractivity contribution in [3.63, 3.8) is 0 Å². The van der Waals surface area contributed by atoms with Crippen LogP contribution in [0.2, 0.25) is 0 Å². The Bertz CT molecular complexity index is 896. The third kappa shape index (κ3) is 8.48. The Labute approximate surface area is 227 Å². The SMILES string of the molecule is CCOCCOc1ccc(C(C)(c2ccc(OCCOCC)cc2)c2ccc(OCCOCC)cc2)cc1. The fourth-order valence-electron chi connectivity index (χ4n) is 4.24. The molecule has 38 heavy (non-hydrogen) atoms. The second-order valence-corrected chi connectivity index (χ2v) is 8.83. The van der Waals surface area contributed by atoms with Crippen molar-refractivity contribution in [3.05, 3.63) is 89.5 Å². The Kier molecular flexibility index (Phi) is 12.4. The van der Waals surface area contributed by atoms with E-state index in [1.165, 1.54) is 0 Å². The molecule has 0 aromatic heterocycles. The number of hydrogen-bond acceptors (Lipinski definition) is 6. The number of ether oxygens (including phenoxy) is 6. The summed E-state index contributed by atoms with van der Waals surface area (Å²) < 4.78 is 33.7. The standard InChI is InChI=1S/C32H42O6/c1-5-33-20-23-36-29-14-8-26(9-15-29)32(4,27-10-16-30(17-11-27)37-24-21-34-6-2)28-12-18-31(19-13-28)38-25-22-35-7-3/h8-19H,5-7,20-25H2,1-4H3. The van der Waals surface area contributed by atoms with Crippen molar-refractivity contribution in [2.24, 2.45) is 0 Å². The highest BCUT2D eigenvalue weighted by Gasteiger charge is 2.31. The fourth-order valence-corrected chi connectivity index (χ4v) is 4.24. The highest BCUT2D eigenvalue weighted by atomic mass is 16.5. The van der Waals surface area contributed by atoms with Gasteiger partial charge in [0.2, 0.25) is 0 Å². The second-order valence-electron chi connectivity index (χ2n) is 8.83. The molecule has 0 amide bonds. The summed E-state index contributed by atoms with van der Waals surface area (Å²) in [6.07, 6.45) is 0. The van der Waals surface area contributed by atoms with E-state index in [-0.39, 0.29) is 0 Å². The van der Waals surface area contributed by atoms with E-state index in [9.17, 15) is 0 Å². The molecular weight excluding hydrogens is 480 g/mol. The van der Waals surface area contributed by atoms with E-state index in [1.807, 2.05) is 57.2 Å². The molecule has 0 aliphatic rings. The fraction of sp³-hybridized carbons (Fsp3) is 0.438. The van der Waals surface area contributed by atoms with Crippen LogP contribution in [0.5, 0.6) is 17.2 Å². The highest BCUT2D eigenvalue weighted by molar-refractivity contribution is 5.52. The van der Waals surface area contributed by atoms with E-state index in [0.29, 0.717) is 59.5 Å². The Balaban J connectivity index is 1.84. The average molecular weight is 523 g/mol. The average Bonchev–Trinajstić information content (AvgIpc) is 2.96. The Morgan fingerprint density at radius 1 is 0.421 bits per heavy atom. The largest absolute Gasteiger partial charge is 0.491 e. The molecule has 3 aromatic rings. The van der Waals surface area contributed by atoms with Crippen LogP contribution in [0.15, 0.2) is 72.8 Å². The lowest BCUT2D eigenvalue weighted by Gasteiger charge is -2.32. The van der Waals surface area contributed by atoms with Crippen LogP contribution in [0.3, 0.4) is 0 Å². The number of rotatable bonds is 18. The smallest absolute Gasteiger partial charge is 0.119 e. The molecule has 0 spiro atoms. The molecule has 0 aliphatic heterocycles. The lowest BCUT2D eigenvalue weighted by Crippen LogP contribution is -2.25. The van der Waals surface area contributed by atoms with Crippen LogP contribution in [-0.2, 0) is 19.6 Å². The van der Waals surface area contributed by atoms with Gasteiger partial charge >= 0.3 is 0 Å². The van der Waals surface area contributed by atoms with Gasteiger partial charge in [-0.2, -0.15) is 0 Å². The first kappa shape index (κ1) is 29.5. The van der Waals surface area contributed by atoms with E-state index >= 15 is 0 Å². The van der Waals surface area contributed by atoms with Gasteiger partial charge in [0, 0.05) is 25.2 Å². The zero-order valence-electron chi connectivity index (χ0n) is 23.2. The highest BCUT2D eigenvalue weighted by Crippen LogP contribution is 2.40. The van der Waals surface area contributed by atoms with Crippen molar-refractivity contribution < 1.29 is 28.4 Å². The predicted molar refractivity (Wildman–Crippen MR) is 151 cm³/mol. The van der Waals surface area contributed by atoms with Gasteiger partial charge in [-0.1, -0.05) is 36.4 Å². The van der Waals surface area contributed by atoms with Gasteiger partial charge in [0.1, 0.15) is 37.1 Å². The Morgan fingerprint density at radius 2 is 0.684 bits per heavy atom. The van der Waals surface area contributed by atoms with Crippen molar-refractivity contribution in [1.29, 1.82) is 0 Å². The van der Waals surface area contributed by atoms with E-state index in [0.717, 1.165) is 33.9 Å². The molecule has 0 bridgehead atoms. The first-order valence-electron chi connectivity index (χ1n) is 13.5. The molecule has 0 fully saturated rings. The zero-order valence-corrected chi connectivity index (χ0v) is 23.2. The molecule has 6 heteroatoms. The van der Waals surface area contributed by atoms with Crippen LogP contribution in [0, 0.1) is 0 Å². The van der Waals surface area contributed by atoms with Gasteiger partial charge < -0.3 is 28.4 Å². The summed E-state index contributed by atoms with van der Waals surface area (Å²) in [5, 5.41) is 0. The van der Waals surface area contributed by atoms with Gasteiger partial charge in [-0.25, -0.2) is 0 Å². The van der Waals surface area contributed by atoms with E-state index in [2.05, 4.69) is 43.3 Å². The molecule has 6 nitrogen and oxygen atoms in total. The molecule has 0 saturated heterocycles. The molecule has 0 N–H and O–H groups in total. The minimum Gasteiger partial charge on any atom is -0.491 e. The summed E-state index contributed by atoms with van der Waals surface area (Å²) in [6.45, 7) is 13.6. The summed E-state index contributed by atoms with van der Waals surface area (Å²) in [5.74, 6) is 2.48. The molecule has 0 aliphatic carbocycles. The molecule has 0 atom stereocenters. The van der Waals surface area contributed by atoms with Crippen molar-refractivity contribution in [3.8, 4) is 17.2 Å². The van der Waals surface area contributed by atoms with Crippen LogP contribution in [0.1, 0.15) is 44.4 Å². The summed E-state index contributed by atoms with van der Waals surface area (Å²) >= 11 is 0. The van der Waals surface area contributed by atoms with Crippen molar-refractivity contribution in [2.75, 3.05) is 59.5 Å². The molecule has 0 unspecified atom stereocenters. The molecule has 0 heterocycles. The van der Waals surface area contributed by atoms with Gasteiger partial charge in [0.05, 0.1) is 19.8 Å². The van der Waals surface area contributed by atoms with Gasteiger partial charge in [0.15, 0.2) is 0 Å². The lowest BCUT2D eigenvalue weighted by molar-refractivity contribution is 0.110. The second kappa shape index (κ2) is 16.0. The third-order valence-electron chi connectivity index (χ3n) is 6.40. The number of benzene rings is 3. The van der Waals surface area contributed by atoms with Gasteiger partial charge in [-0.15, -0.1) is 0 Å². The summed E-state index contributed by atoms with van der Waals surface area (Å²) in [4.78, 5) is 0. The molecule has 3 aromatic carbocycles. The molecule has 0 radical (unpaired) electrons. The summed E-state index contributed by atoms with van der Waals surface area (Å²) in [7, 11) is 0. The van der Waals surface area contributed by atoms with Gasteiger partial charge in [-0.3, -0.25) is 0 Å². The van der Waals surface area contributed by atoms with E-state index in [1.54, 1.807) is 0 Å². The van der Waals surface area contributed by atoms with Crippen molar-refractivity contribution >= 4 is 0 Å². The molecular formula is C32H42O6. The summed E-state index contributed by atoms with van der Waals surface area (Å²) in [5.41, 5.74) is 3.07. The van der Waals surface area contributed by atoms with Crippen molar-refractivity contribution in [2.45, 2.75) is 33.1 Å². The van der Waals surface area contributed by atoms with Gasteiger partial charge in [-0.05, 0) is 80.8 Å². The first-order valence-corrected chi connectivity index (χ1v) is 13.5. The lowest BCUT2D eigenvalue weighted by atomic mass is 9.71. The van der Waals surface area contributed by atoms with E-state index in [4.69, 9.17) is 28.4 Å². The maximum Gasteiger partial charge on any atom is 0.119 e. The quantitative estimate of drug-likeness (QED) is 0.145. The monoisotopic (exact) mass is 522 g/mol. The zero-order chi connectivity index (χ0) is 27.1. The Morgan fingerprint density at radius 3 is 0.921 bits per heavy atom. The van der Waals surface area contributed by atoms with Crippen molar-refractivity contribution in [1.82, 2.24) is 0 Å². The first-order chi connectivity index (χ1) is 18.6. The Hall–Kier alpha value is -3.06. The molecule has 206 valence electrons. The minimum atomic E-state index is -0.405. The van der Waals surface area contributed by atoms with Crippen LogP contribution in [-0.4, -0.2) is 59.5 Å². The van der Waals surface area contributed by atoms with Crippen LogP contribution < -0.4 is 14.2 Å². The molecule has 3 rings (SSSR count). The normalized spacial score (nSPS) is 11.4. The molecule has 0 saturated carbocycles.